The maximum Gasteiger partial charge on any atom is 0.472 e. The zero-order valence-corrected chi connectivity index (χ0v) is 64.7. The number of phosphoric acid groups is 2. The molecular formula is C78H148O17P2. The van der Waals surface area contributed by atoms with Gasteiger partial charge >= 0.3 is 39.5 Å². The number of unbranched alkanes of at least 4 members (excludes halogenated alkanes) is 40. The van der Waals surface area contributed by atoms with Gasteiger partial charge in [-0.3, -0.25) is 37.3 Å². The minimum Gasteiger partial charge on any atom is -0.462 e. The molecule has 0 spiro atoms. The van der Waals surface area contributed by atoms with Crippen LogP contribution in [0.15, 0.2) is 24.3 Å². The summed E-state index contributed by atoms with van der Waals surface area (Å²) in [6.07, 6.45) is 60.2. The van der Waals surface area contributed by atoms with Crippen LogP contribution in [0.4, 0.5) is 0 Å². The van der Waals surface area contributed by atoms with Gasteiger partial charge in [0.15, 0.2) is 12.2 Å². The van der Waals surface area contributed by atoms with E-state index in [-0.39, 0.29) is 25.7 Å². The Morgan fingerprint density at radius 3 is 0.876 bits per heavy atom. The number of rotatable bonds is 75. The Labute approximate surface area is 592 Å². The van der Waals surface area contributed by atoms with Gasteiger partial charge in [0.2, 0.25) is 0 Å². The smallest absolute Gasteiger partial charge is 0.462 e. The second-order valence-corrected chi connectivity index (χ2v) is 30.8. The Morgan fingerprint density at radius 1 is 0.330 bits per heavy atom. The lowest BCUT2D eigenvalue weighted by Gasteiger charge is -2.21. The summed E-state index contributed by atoms with van der Waals surface area (Å²) < 4.78 is 68.6. The fourth-order valence-electron chi connectivity index (χ4n) is 11.4. The molecule has 17 nitrogen and oxygen atoms in total. The highest BCUT2D eigenvalue weighted by Gasteiger charge is 2.30. The molecule has 7 atom stereocenters. The third-order valence-corrected chi connectivity index (χ3v) is 20.2. The number of hydrogen-bond acceptors (Lipinski definition) is 15. The maximum atomic E-state index is 13.1. The predicted octanol–water partition coefficient (Wildman–Crippen LogP) is 22.7. The van der Waals surface area contributed by atoms with Crippen LogP contribution in [0.1, 0.15) is 382 Å². The first kappa shape index (κ1) is 94.5. The minimum absolute atomic E-state index is 0.101. The zero-order valence-electron chi connectivity index (χ0n) is 62.9. The molecular weight excluding hydrogens is 1270 g/mol. The highest BCUT2D eigenvalue weighted by Crippen LogP contribution is 2.45. The molecule has 4 unspecified atom stereocenters. The van der Waals surface area contributed by atoms with Crippen LogP contribution in [0.25, 0.3) is 0 Å². The van der Waals surface area contributed by atoms with E-state index in [9.17, 15) is 43.2 Å². The second-order valence-electron chi connectivity index (χ2n) is 27.9. The molecule has 0 amide bonds. The van der Waals surface area contributed by atoms with E-state index in [2.05, 4.69) is 65.8 Å². The van der Waals surface area contributed by atoms with Crippen LogP contribution in [0, 0.1) is 11.8 Å². The van der Waals surface area contributed by atoms with Crippen molar-refractivity contribution in [2.75, 3.05) is 39.6 Å². The molecule has 0 heterocycles. The minimum atomic E-state index is -4.97. The van der Waals surface area contributed by atoms with Gasteiger partial charge in [-0.05, 0) is 63.2 Å². The van der Waals surface area contributed by atoms with Gasteiger partial charge in [0.05, 0.1) is 26.4 Å². The molecule has 0 aliphatic heterocycles. The van der Waals surface area contributed by atoms with Gasteiger partial charge in [-0.15, -0.1) is 0 Å². The highest BCUT2D eigenvalue weighted by atomic mass is 31.2. The lowest BCUT2D eigenvalue weighted by Crippen LogP contribution is -2.30. The van der Waals surface area contributed by atoms with Gasteiger partial charge in [0, 0.05) is 25.7 Å². The van der Waals surface area contributed by atoms with Crippen molar-refractivity contribution < 1.29 is 80.2 Å². The van der Waals surface area contributed by atoms with E-state index in [0.717, 1.165) is 121 Å². The van der Waals surface area contributed by atoms with Crippen LogP contribution in [0.5, 0.6) is 0 Å². The number of aliphatic hydroxyl groups excluding tert-OH is 1. The third-order valence-electron chi connectivity index (χ3n) is 18.3. The number of allylic oxidation sites excluding steroid dienone is 4. The van der Waals surface area contributed by atoms with Gasteiger partial charge in [-0.2, -0.15) is 0 Å². The number of esters is 4. The van der Waals surface area contributed by atoms with Crippen molar-refractivity contribution in [2.45, 2.75) is 400 Å². The Morgan fingerprint density at radius 2 is 0.577 bits per heavy atom. The molecule has 0 aromatic carbocycles. The maximum absolute atomic E-state index is 13.1. The molecule has 0 saturated carbocycles. The first-order valence-electron chi connectivity index (χ1n) is 39.9. The number of phosphoric ester groups is 2. The van der Waals surface area contributed by atoms with Crippen LogP contribution in [0.3, 0.4) is 0 Å². The Hall–Kier alpha value is -2.46. The predicted molar refractivity (Wildman–Crippen MR) is 395 cm³/mol. The van der Waals surface area contributed by atoms with Crippen LogP contribution >= 0.6 is 15.6 Å². The van der Waals surface area contributed by atoms with Gasteiger partial charge in [-0.1, -0.05) is 329 Å². The van der Waals surface area contributed by atoms with E-state index < -0.39 is 97.5 Å². The molecule has 0 radical (unpaired) electrons. The van der Waals surface area contributed by atoms with E-state index in [1.807, 2.05) is 0 Å². The molecule has 0 bridgehead atoms. The fourth-order valence-corrected chi connectivity index (χ4v) is 13.0. The topological polar surface area (TPSA) is 237 Å². The summed E-state index contributed by atoms with van der Waals surface area (Å²) in [6.45, 7) is 9.57. The SMILES string of the molecule is CCCCCC/C=C\C=C/CCCCCCCC(=O)OC[C@H](COP(=O)(O)OC[C@@H](O)COP(=O)(O)OC[C@@H](COC(=O)CCCCCCCCCCC(C)CC)OC(=O)CCCCCCCCCCCCC(C)CC)OC(=O)CCCCCCCCCCCCCCCCCC. The Bertz CT molecular complexity index is 1970. The largest absolute Gasteiger partial charge is 0.472 e. The molecule has 0 aliphatic carbocycles. The van der Waals surface area contributed by atoms with E-state index in [1.54, 1.807) is 0 Å². The van der Waals surface area contributed by atoms with Crippen LogP contribution in [-0.4, -0.2) is 96.7 Å². The first-order valence-corrected chi connectivity index (χ1v) is 42.9. The molecule has 572 valence electrons. The summed E-state index contributed by atoms with van der Waals surface area (Å²) in [5.41, 5.74) is 0. The standard InChI is InChI=1S/C78H148O17P2/c1-7-11-13-15-17-19-21-23-25-27-29-31-36-44-50-56-62-77(82)94-73(66-88-75(80)60-54-48-42-35-30-28-26-24-22-20-18-16-14-12-8-2)68-92-96(84,85)90-64-72(79)65-91-97(86,87)93-69-74(67-89-76(81)61-55-49-43-39-38-41-47-53-59-71(6)10-4)95-78(83)63-57-51-45-37-33-32-34-40-46-52-58-70(5)9-3/h20,22,24,26,70-74,79H,7-19,21,23,25,27-69H2,1-6H3,(H,84,85)(H,86,87)/b22-20-,26-24-/t70?,71?,72-,73-,74-/m1/s1. The lowest BCUT2D eigenvalue weighted by molar-refractivity contribution is -0.161. The van der Waals surface area contributed by atoms with Crippen molar-refractivity contribution >= 4 is 39.5 Å². The van der Waals surface area contributed by atoms with Crippen LogP contribution < -0.4 is 0 Å². The van der Waals surface area contributed by atoms with Crippen molar-refractivity contribution in [1.29, 1.82) is 0 Å². The number of hydrogen-bond donors (Lipinski definition) is 3. The molecule has 0 aliphatic rings. The molecule has 0 fully saturated rings. The van der Waals surface area contributed by atoms with E-state index in [4.69, 9.17) is 37.0 Å². The molecule has 0 aromatic heterocycles. The van der Waals surface area contributed by atoms with E-state index >= 15 is 0 Å². The van der Waals surface area contributed by atoms with Crippen molar-refractivity contribution in [3.63, 3.8) is 0 Å². The zero-order chi connectivity index (χ0) is 71.4. The number of carbonyl (C=O) groups is 4. The summed E-state index contributed by atoms with van der Waals surface area (Å²) >= 11 is 0. The van der Waals surface area contributed by atoms with Crippen molar-refractivity contribution in [3.8, 4) is 0 Å². The van der Waals surface area contributed by atoms with E-state index in [1.165, 1.54) is 180 Å². The van der Waals surface area contributed by atoms with E-state index in [0.29, 0.717) is 25.7 Å². The second kappa shape index (κ2) is 69.3. The highest BCUT2D eigenvalue weighted by molar-refractivity contribution is 7.47. The average molecular weight is 1420 g/mol. The fraction of sp³-hybridized carbons (Fsp3) is 0.897. The summed E-state index contributed by atoms with van der Waals surface area (Å²) in [4.78, 5) is 72.9. The quantitative estimate of drug-likeness (QED) is 0.0169. The van der Waals surface area contributed by atoms with Crippen molar-refractivity contribution in [3.05, 3.63) is 24.3 Å². The number of carbonyl (C=O) groups excluding carboxylic acids is 4. The van der Waals surface area contributed by atoms with Crippen molar-refractivity contribution in [1.82, 2.24) is 0 Å². The van der Waals surface area contributed by atoms with Crippen LogP contribution in [0.2, 0.25) is 0 Å². The summed E-state index contributed by atoms with van der Waals surface area (Å²) in [7, 11) is -9.93. The molecule has 0 saturated heterocycles. The lowest BCUT2D eigenvalue weighted by atomic mass is 9.99. The van der Waals surface area contributed by atoms with Gasteiger partial charge < -0.3 is 33.8 Å². The van der Waals surface area contributed by atoms with Gasteiger partial charge in [0.1, 0.15) is 19.3 Å². The third kappa shape index (κ3) is 69.1. The van der Waals surface area contributed by atoms with Crippen LogP contribution in [-0.2, 0) is 65.4 Å². The average Bonchev–Trinajstić information content (AvgIpc) is 1.32. The number of ether oxygens (including phenoxy) is 4. The molecule has 19 heteroatoms. The van der Waals surface area contributed by atoms with Gasteiger partial charge in [0.25, 0.3) is 0 Å². The monoisotopic (exact) mass is 1420 g/mol. The normalized spacial score (nSPS) is 14.7. The first-order chi connectivity index (χ1) is 46.9. The summed E-state index contributed by atoms with van der Waals surface area (Å²) in [5, 5.41) is 10.6. The summed E-state index contributed by atoms with van der Waals surface area (Å²) in [5.74, 6) is -0.565. The Kier molecular flexibility index (Phi) is 67.5. The Balaban J connectivity index is 5.31. The van der Waals surface area contributed by atoms with Gasteiger partial charge in [-0.25, -0.2) is 9.13 Å². The van der Waals surface area contributed by atoms with Crippen molar-refractivity contribution in [2.24, 2.45) is 11.8 Å². The number of aliphatic hydroxyl groups is 1. The molecule has 0 aromatic rings. The molecule has 3 N–H and O–H groups in total. The molecule has 97 heavy (non-hydrogen) atoms. The molecule has 0 rings (SSSR count). The summed E-state index contributed by atoms with van der Waals surface area (Å²) in [6, 6.07) is 0.